The minimum Gasteiger partial charge on any atom is -0.465 e. The molecular formula is C29H36N4O2. The fourth-order valence-electron chi connectivity index (χ4n) is 4.73. The van der Waals surface area contributed by atoms with Crippen molar-refractivity contribution in [3.63, 3.8) is 0 Å². The first-order valence-electron chi connectivity index (χ1n) is 12.3. The van der Waals surface area contributed by atoms with E-state index in [1.165, 1.54) is 21.6 Å². The van der Waals surface area contributed by atoms with E-state index in [1.807, 2.05) is 24.3 Å². The average Bonchev–Trinajstić information content (AvgIpc) is 2.96. The predicted octanol–water partition coefficient (Wildman–Crippen LogP) is 4.44. The Morgan fingerprint density at radius 3 is 1.66 bits per heavy atom. The second-order valence-electron chi connectivity index (χ2n) is 9.31. The highest BCUT2D eigenvalue weighted by atomic mass is 16.4. The van der Waals surface area contributed by atoms with Gasteiger partial charge in [-0.05, 0) is 16.7 Å². The highest BCUT2D eigenvalue weighted by Gasteiger charge is 2.30. The zero-order valence-corrected chi connectivity index (χ0v) is 20.5. The van der Waals surface area contributed by atoms with Gasteiger partial charge in [-0.15, -0.1) is 0 Å². The molecule has 6 heteroatoms. The van der Waals surface area contributed by atoms with Crippen LogP contribution in [0.1, 0.15) is 16.7 Å². The zero-order chi connectivity index (χ0) is 24.5. The van der Waals surface area contributed by atoms with E-state index in [9.17, 15) is 9.90 Å². The fourth-order valence-corrected chi connectivity index (χ4v) is 4.73. The summed E-state index contributed by atoms with van der Waals surface area (Å²) in [5, 5.41) is 9.94. The molecule has 1 fully saturated rings. The zero-order valence-electron chi connectivity index (χ0n) is 20.5. The lowest BCUT2D eigenvalue weighted by Gasteiger charge is -2.39. The van der Waals surface area contributed by atoms with E-state index >= 15 is 0 Å². The number of carboxylic acid groups (broad SMARTS) is 1. The van der Waals surface area contributed by atoms with Crippen LogP contribution in [0, 0.1) is 0 Å². The molecule has 184 valence electrons. The molecule has 6 nitrogen and oxygen atoms in total. The van der Waals surface area contributed by atoms with Crippen LogP contribution in [-0.2, 0) is 19.6 Å². The summed E-state index contributed by atoms with van der Waals surface area (Å²) in [6, 6.07) is 31.4. The lowest BCUT2D eigenvalue weighted by Crippen LogP contribution is -2.54. The molecule has 0 aromatic heterocycles. The van der Waals surface area contributed by atoms with Gasteiger partial charge in [-0.1, -0.05) is 91.0 Å². The third-order valence-corrected chi connectivity index (χ3v) is 6.75. The summed E-state index contributed by atoms with van der Waals surface area (Å²) in [4.78, 5) is 20.8. The van der Waals surface area contributed by atoms with Gasteiger partial charge in [0.05, 0.1) is 0 Å². The third-order valence-electron chi connectivity index (χ3n) is 6.75. The number of hydrogen-bond donors (Lipinski definition) is 1. The number of benzene rings is 3. The molecule has 3 aromatic rings. The Bertz CT molecular complexity index is 1030. The summed E-state index contributed by atoms with van der Waals surface area (Å²) >= 11 is 0. The number of amides is 1. The Labute approximate surface area is 209 Å². The summed E-state index contributed by atoms with van der Waals surface area (Å²) in [6.45, 7) is 6.54. The number of nitrogens with zero attached hydrogens (tertiary/aromatic N) is 4. The van der Waals surface area contributed by atoms with Crippen LogP contribution in [0.4, 0.5) is 4.79 Å². The highest BCUT2D eigenvalue weighted by Crippen LogP contribution is 2.17. The quantitative estimate of drug-likeness (QED) is 0.551. The van der Waals surface area contributed by atoms with E-state index in [0.717, 1.165) is 39.3 Å². The van der Waals surface area contributed by atoms with Crippen molar-refractivity contribution in [2.45, 2.75) is 25.8 Å². The van der Waals surface area contributed by atoms with Crippen molar-refractivity contribution in [3.8, 4) is 0 Å². The van der Waals surface area contributed by atoms with E-state index in [0.29, 0.717) is 13.1 Å². The maximum absolute atomic E-state index is 12.1. The lowest BCUT2D eigenvalue weighted by molar-refractivity contribution is 0.0306. The number of hydrogen-bond acceptors (Lipinski definition) is 4. The summed E-state index contributed by atoms with van der Waals surface area (Å²) in [5.74, 6) is 0. The average molecular weight is 473 g/mol. The topological polar surface area (TPSA) is 50.3 Å². The van der Waals surface area contributed by atoms with Crippen molar-refractivity contribution in [1.82, 2.24) is 19.6 Å². The van der Waals surface area contributed by atoms with Crippen LogP contribution in [0.5, 0.6) is 0 Å². The molecule has 1 atom stereocenters. The molecular weight excluding hydrogens is 436 g/mol. The summed E-state index contributed by atoms with van der Waals surface area (Å²) in [5.41, 5.74) is 3.74. The minimum atomic E-state index is -0.895. The molecule has 1 unspecified atom stereocenters. The maximum Gasteiger partial charge on any atom is 0.408 e. The standard InChI is InChI=1S/C29H36N4O2/c1-30(29(34)35)28-24-32(22-26-13-7-3-8-14-26)18-17-31(21-25-11-5-2-6-12-25)19-20-33(28)23-27-15-9-4-10-16-27/h2-16,28H,17-24H2,1H3,(H,34,35). The molecule has 1 heterocycles. The van der Waals surface area contributed by atoms with Crippen molar-refractivity contribution in [2.24, 2.45) is 0 Å². The monoisotopic (exact) mass is 472 g/mol. The maximum atomic E-state index is 12.1. The van der Waals surface area contributed by atoms with Gasteiger partial charge < -0.3 is 5.11 Å². The van der Waals surface area contributed by atoms with E-state index in [-0.39, 0.29) is 6.17 Å². The van der Waals surface area contributed by atoms with Gasteiger partial charge in [-0.25, -0.2) is 4.79 Å². The molecule has 0 spiro atoms. The number of rotatable bonds is 7. The Morgan fingerprint density at radius 2 is 1.14 bits per heavy atom. The third kappa shape index (κ3) is 7.39. The molecule has 1 amide bonds. The first kappa shape index (κ1) is 24.9. The van der Waals surface area contributed by atoms with Gasteiger partial charge in [0, 0.05) is 59.4 Å². The molecule has 35 heavy (non-hydrogen) atoms. The van der Waals surface area contributed by atoms with Crippen LogP contribution in [0.3, 0.4) is 0 Å². The van der Waals surface area contributed by atoms with Gasteiger partial charge >= 0.3 is 6.09 Å². The van der Waals surface area contributed by atoms with E-state index in [4.69, 9.17) is 0 Å². The van der Waals surface area contributed by atoms with Crippen LogP contribution in [-0.4, -0.2) is 76.7 Å². The Balaban J connectivity index is 1.61. The minimum absolute atomic E-state index is 0.243. The van der Waals surface area contributed by atoms with Gasteiger partial charge in [0.25, 0.3) is 0 Å². The van der Waals surface area contributed by atoms with Crippen LogP contribution in [0.25, 0.3) is 0 Å². The Kier molecular flexibility index (Phi) is 8.90. The first-order valence-corrected chi connectivity index (χ1v) is 12.3. The smallest absolute Gasteiger partial charge is 0.408 e. The molecule has 0 aliphatic carbocycles. The van der Waals surface area contributed by atoms with E-state index in [1.54, 1.807) is 7.05 Å². The van der Waals surface area contributed by atoms with Crippen LogP contribution in [0.2, 0.25) is 0 Å². The Hall–Kier alpha value is -3.19. The number of carbonyl (C=O) groups is 1. The summed E-state index contributed by atoms with van der Waals surface area (Å²) < 4.78 is 0. The summed E-state index contributed by atoms with van der Waals surface area (Å²) in [7, 11) is 1.70. The molecule has 0 radical (unpaired) electrons. The highest BCUT2D eigenvalue weighted by molar-refractivity contribution is 5.64. The largest absolute Gasteiger partial charge is 0.465 e. The van der Waals surface area contributed by atoms with E-state index < -0.39 is 6.09 Å². The van der Waals surface area contributed by atoms with Gasteiger partial charge in [-0.3, -0.25) is 19.6 Å². The molecule has 4 rings (SSSR count). The molecule has 1 saturated heterocycles. The number of likely N-dealkylation sites (N-methyl/N-ethyl adjacent to an activating group) is 1. The van der Waals surface area contributed by atoms with Gasteiger partial charge in [0.1, 0.15) is 6.17 Å². The van der Waals surface area contributed by atoms with Gasteiger partial charge in [0.2, 0.25) is 0 Å². The second-order valence-corrected chi connectivity index (χ2v) is 9.31. The van der Waals surface area contributed by atoms with Crippen LogP contribution < -0.4 is 0 Å². The Morgan fingerprint density at radius 1 is 0.714 bits per heavy atom. The van der Waals surface area contributed by atoms with Crippen molar-refractivity contribution in [1.29, 1.82) is 0 Å². The second kappa shape index (κ2) is 12.5. The molecule has 1 N–H and O–H groups in total. The summed E-state index contributed by atoms with van der Waals surface area (Å²) in [6.07, 6.45) is -1.14. The van der Waals surface area contributed by atoms with Gasteiger partial charge in [-0.2, -0.15) is 0 Å². The molecule has 1 aliphatic heterocycles. The first-order chi connectivity index (χ1) is 17.1. The van der Waals surface area contributed by atoms with E-state index in [2.05, 4.69) is 81.4 Å². The lowest BCUT2D eigenvalue weighted by atomic mass is 10.2. The molecule has 0 saturated carbocycles. The van der Waals surface area contributed by atoms with Gasteiger partial charge in [0.15, 0.2) is 0 Å². The van der Waals surface area contributed by atoms with Crippen LogP contribution in [0.15, 0.2) is 91.0 Å². The normalized spacial score (nSPS) is 18.4. The molecule has 0 bridgehead atoms. The van der Waals surface area contributed by atoms with Crippen molar-refractivity contribution in [2.75, 3.05) is 39.8 Å². The molecule has 1 aliphatic rings. The van der Waals surface area contributed by atoms with Crippen molar-refractivity contribution in [3.05, 3.63) is 108 Å². The van der Waals surface area contributed by atoms with Crippen molar-refractivity contribution >= 4 is 6.09 Å². The molecule has 3 aromatic carbocycles. The van der Waals surface area contributed by atoms with Crippen LogP contribution >= 0.6 is 0 Å². The fraction of sp³-hybridized carbons (Fsp3) is 0.345. The van der Waals surface area contributed by atoms with Crippen molar-refractivity contribution < 1.29 is 9.90 Å². The predicted molar refractivity (Wildman–Crippen MR) is 140 cm³/mol. The SMILES string of the molecule is CN(C(=O)O)C1CN(Cc2ccccc2)CCN(Cc2ccccc2)CCN1Cc1ccccc1.